The van der Waals surface area contributed by atoms with Crippen LogP contribution in [0.3, 0.4) is 0 Å². The minimum Gasteiger partial charge on any atom is -0.449 e. The number of nitrogens with one attached hydrogen (secondary N) is 1. The summed E-state index contributed by atoms with van der Waals surface area (Å²) < 4.78 is 5.16. The van der Waals surface area contributed by atoms with E-state index >= 15 is 0 Å². The van der Waals surface area contributed by atoms with Crippen LogP contribution in [0.5, 0.6) is 0 Å². The summed E-state index contributed by atoms with van der Waals surface area (Å²) >= 11 is 2.69. The van der Waals surface area contributed by atoms with E-state index < -0.39 is 22.9 Å². The smallest absolute Gasteiger partial charge is 0.339 e. The first-order valence-corrected chi connectivity index (χ1v) is 10.3. The van der Waals surface area contributed by atoms with E-state index in [1.807, 2.05) is 18.4 Å². The molecule has 0 heterocycles. The first kappa shape index (κ1) is 20.8. The molecule has 0 saturated heterocycles. The second kappa shape index (κ2) is 9.43. The molecule has 142 valence electrons. The zero-order valence-electron chi connectivity index (χ0n) is 14.9. The third kappa shape index (κ3) is 5.24. The van der Waals surface area contributed by atoms with Gasteiger partial charge in [0.1, 0.15) is 0 Å². The maximum Gasteiger partial charge on any atom is 0.339 e. The molecular formula is C18H18N2O5S2. The lowest BCUT2D eigenvalue weighted by Crippen LogP contribution is -2.30. The fourth-order valence-electron chi connectivity index (χ4n) is 2.22. The van der Waals surface area contributed by atoms with Crippen LogP contribution in [0, 0.1) is 10.1 Å². The molecule has 2 rings (SSSR count). The molecule has 1 amide bonds. The normalized spacial score (nSPS) is 11.5. The van der Waals surface area contributed by atoms with Crippen molar-refractivity contribution in [2.75, 3.05) is 17.8 Å². The van der Waals surface area contributed by atoms with Gasteiger partial charge in [0.05, 0.1) is 21.1 Å². The molecule has 1 atom stereocenters. The standard InChI is InChI=1S/C18H18N2O5S2/c1-11(17(21)19-13-6-4-5-7-15(13)26-2)25-18(22)12-8-9-16(27-3)14(10-12)20(23)24/h4-11H,1-3H3,(H,19,21)/t11-/m0/s1. The van der Waals surface area contributed by atoms with Gasteiger partial charge in [-0.15, -0.1) is 23.5 Å². The summed E-state index contributed by atoms with van der Waals surface area (Å²) in [5.74, 6) is -1.29. The van der Waals surface area contributed by atoms with Crippen LogP contribution in [-0.2, 0) is 9.53 Å². The van der Waals surface area contributed by atoms with Crippen molar-refractivity contribution >= 4 is 46.8 Å². The molecular weight excluding hydrogens is 388 g/mol. The summed E-state index contributed by atoms with van der Waals surface area (Å²) in [5, 5.41) is 13.8. The number of anilines is 1. The predicted molar refractivity (Wildman–Crippen MR) is 107 cm³/mol. The zero-order valence-corrected chi connectivity index (χ0v) is 16.6. The third-order valence-electron chi connectivity index (χ3n) is 3.63. The molecule has 2 aromatic carbocycles. The lowest BCUT2D eigenvalue weighted by molar-refractivity contribution is -0.387. The zero-order chi connectivity index (χ0) is 20.0. The fourth-order valence-corrected chi connectivity index (χ4v) is 3.32. The van der Waals surface area contributed by atoms with E-state index in [0.717, 1.165) is 11.0 Å². The van der Waals surface area contributed by atoms with Gasteiger partial charge in [-0.25, -0.2) is 4.79 Å². The second-order valence-electron chi connectivity index (χ2n) is 5.38. The quantitative estimate of drug-likeness (QED) is 0.318. The Morgan fingerprint density at radius 3 is 2.41 bits per heavy atom. The number of esters is 1. The summed E-state index contributed by atoms with van der Waals surface area (Å²) in [6, 6.07) is 11.3. The van der Waals surface area contributed by atoms with E-state index in [-0.39, 0.29) is 11.3 Å². The Labute approximate surface area is 165 Å². The first-order chi connectivity index (χ1) is 12.9. The molecule has 0 saturated carbocycles. The van der Waals surface area contributed by atoms with Crippen molar-refractivity contribution < 1.29 is 19.2 Å². The number of benzene rings is 2. The molecule has 0 aliphatic carbocycles. The van der Waals surface area contributed by atoms with Gasteiger partial charge < -0.3 is 10.1 Å². The summed E-state index contributed by atoms with van der Waals surface area (Å²) in [4.78, 5) is 36.5. The van der Waals surface area contributed by atoms with Gasteiger partial charge in [0, 0.05) is 11.0 Å². The van der Waals surface area contributed by atoms with E-state index in [1.165, 1.54) is 42.6 Å². The molecule has 0 radical (unpaired) electrons. The Bertz CT molecular complexity index is 873. The van der Waals surface area contributed by atoms with Gasteiger partial charge in [0.25, 0.3) is 11.6 Å². The lowest BCUT2D eigenvalue weighted by Gasteiger charge is -2.15. The first-order valence-electron chi connectivity index (χ1n) is 7.84. The number of carbonyl (C=O) groups excluding carboxylic acids is 2. The molecule has 0 aromatic heterocycles. The van der Waals surface area contributed by atoms with E-state index in [1.54, 1.807) is 18.4 Å². The number of hydrogen-bond donors (Lipinski definition) is 1. The molecule has 9 heteroatoms. The Morgan fingerprint density at radius 1 is 1.11 bits per heavy atom. The topological polar surface area (TPSA) is 98.5 Å². The number of para-hydroxylation sites is 1. The van der Waals surface area contributed by atoms with Gasteiger partial charge in [0.2, 0.25) is 0 Å². The fraction of sp³-hybridized carbons (Fsp3) is 0.222. The highest BCUT2D eigenvalue weighted by Crippen LogP contribution is 2.29. The number of rotatable bonds is 7. The summed E-state index contributed by atoms with van der Waals surface area (Å²) in [6.45, 7) is 1.44. The monoisotopic (exact) mass is 406 g/mol. The van der Waals surface area contributed by atoms with Crippen molar-refractivity contribution in [3.05, 3.63) is 58.1 Å². The van der Waals surface area contributed by atoms with Crippen LogP contribution >= 0.6 is 23.5 Å². The molecule has 2 aromatic rings. The highest BCUT2D eigenvalue weighted by atomic mass is 32.2. The van der Waals surface area contributed by atoms with Crippen molar-refractivity contribution in [1.82, 2.24) is 0 Å². The minimum atomic E-state index is -1.06. The van der Waals surface area contributed by atoms with Crippen molar-refractivity contribution in [1.29, 1.82) is 0 Å². The number of hydrogen-bond acceptors (Lipinski definition) is 7. The van der Waals surface area contributed by atoms with Crippen LogP contribution in [0.15, 0.2) is 52.3 Å². The van der Waals surface area contributed by atoms with E-state index in [4.69, 9.17) is 4.74 Å². The number of thioether (sulfide) groups is 2. The average molecular weight is 406 g/mol. The van der Waals surface area contributed by atoms with Gasteiger partial charge in [-0.3, -0.25) is 14.9 Å². The number of amides is 1. The van der Waals surface area contributed by atoms with Crippen LogP contribution in [0.1, 0.15) is 17.3 Å². The van der Waals surface area contributed by atoms with Crippen LogP contribution < -0.4 is 5.32 Å². The Balaban J connectivity index is 2.09. The second-order valence-corrected chi connectivity index (χ2v) is 7.08. The van der Waals surface area contributed by atoms with E-state index in [9.17, 15) is 19.7 Å². The van der Waals surface area contributed by atoms with Crippen molar-refractivity contribution in [2.24, 2.45) is 0 Å². The molecule has 1 N–H and O–H groups in total. The van der Waals surface area contributed by atoms with Crippen molar-refractivity contribution in [2.45, 2.75) is 22.8 Å². The number of ether oxygens (including phenoxy) is 1. The molecule has 7 nitrogen and oxygen atoms in total. The number of nitro groups is 1. The van der Waals surface area contributed by atoms with Gasteiger partial charge in [0.15, 0.2) is 6.10 Å². The summed E-state index contributed by atoms with van der Waals surface area (Å²) in [5.41, 5.74) is 0.462. The molecule has 0 fully saturated rings. The average Bonchev–Trinajstić information content (AvgIpc) is 2.67. The van der Waals surface area contributed by atoms with Crippen molar-refractivity contribution in [3.63, 3.8) is 0 Å². The molecule has 0 aliphatic heterocycles. The van der Waals surface area contributed by atoms with Crippen LogP contribution in [0.2, 0.25) is 0 Å². The molecule has 0 aliphatic rings. The van der Waals surface area contributed by atoms with Gasteiger partial charge in [-0.2, -0.15) is 0 Å². The number of nitro benzene ring substituents is 1. The molecule has 0 unspecified atom stereocenters. The lowest BCUT2D eigenvalue weighted by atomic mass is 10.2. The molecule has 0 bridgehead atoms. The van der Waals surface area contributed by atoms with Crippen molar-refractivity contribution in [3.8, 4) is 0 Å². The number of nitrogens with zero attached hydrogens (tertiary/aromatic N) is 1. The summed E-state index contributed by atoms with van der Waals surface area (Å²) in [7, 11) is 0. The predicted octanol–water partition coefficient (Wildman–Crippen LogP) is 4.22. The van der Waals surface area contributed by atoms with Gasteiger partial charge in [-0.1, -0.05) is 12.1 Å². The highest BCUT2D eigenvalue weighted by molar-refractivity contribution is 7.99. The maximum atomic E-state index is 12.3. The summed E-state index contributed by atoms with van der Waals surface area (Å²) in [6.07, 6.45) is 2.53. The SMILES string of the molecule is CSc1ccccc1NC(=O)[C@H](C)OC(=O)c1ccc(SC)c([N+](=O)[O-])c1. The van der Waals surface area contributed by atoms with Crippen LogP contribution in [0.25, 0.3) is 0 Å². The minimum absolute atomic E-state index is 0.0173. The van der Waals surface area contributed by atoms with Gasteiger partial charge in [-0.05, 0) is 43.7 Å². The van der Waals surface area contributed by atoms with E-state index in [2.05, 4.69) is 5.32 Å². The molecule has 27 heavy (non-hydrogen) atoms. The van der Waals surface area contributed by atoms with Crippen LogP contribution in [-0.4, -0.2) is 35.4 Å². The number of carbonyl (C=O) groups is 2. The van der Waals surface area contributed by atoms with E-state index in [0.29, 0.717) is 10.6 Å². The largest absolute Gasteiger partial charge is 0.449 e. The maximum absolute atomic E-state index is 12.3. The van der Waals surface area contributed by atoms with Crippen LogP contribution in [0.4, 0.5) is 11.4 Å². The Kier molecular flexibility index (Phi) is 7.26. The van der Waals surface area contributed by atoms with Gasteiger partial charge >= 0.3 is 5.97 Å². The third-order valence-corrected chi connectivity index (χ3v) is 5.21. The highest BCUT2D eigenvalue weighted by Gasteiger charge is 2.22. The Hall–Kier alpha value is -2.52. The Morgan fingerprint density at radius 2 is 1.78 bits per heavy atom. The molecule has 0 spiro atoms.